The molecule has 0 radical (unpaired) electrons. The van der Waals surface area contributed by atoms with E-state index in [0.29, 0.717) is 12.6 Å². The summed E-state index contributed by atoms with van der Waals surface area (Å²) >= 11 is 0. The second-order valence-electron chi connectivity index (χ2n) is 5.42. The Morgan fingerprint density at radius 3 is 2.58 bits per heavy atom. The third-order valence-electron chi connectivity index (χ3n) is 3.76. The number of phenols is 1. The van der Waals surface area contributed by atoms with Gasteiger partial charge in [0.15, 0.2) is 9.84 Å². The number of nitrogens with zero attached hydrogens (tertiary/aromatic N) is 1. The van der Waals surface area contributed by atoms with E-state index in [1.54, 1.807) is 12.1 Å². The van der Waals surface area contributed by atoms with Crippen molar-refractivity contribution in [1.29, 1.82) is 0 Å². The van der Waals surface area contributed by atoms with Gasteiger partial charge in [0.05, 0.1) is 11.5 Å². The van der Waals surface area contributed by atoms with Crippen molar-refractivity contribution in [3.8, 4) is 5.75 Å². The molecule has 2 atom stereocenters. The van der Waals surface area contributed by atoms with E-state index in [1.165, 1.54) is 0 Å². The number of hydrogen-bond donors (Lipinski definition) is 1. The predicted molar refractivity (Wildman–Crippen MR) is 76.1 cm³/mol. The summed E-state index contributed by atoms with van der Waals surface area (Å²) in [5.41, 5.74) is 1.16. The maximum absolute atomic E-state index is 11.6. The Kier molecular flexibility index (Phi) is 4.16. The summed E-state index contributed by atoms with van der Waals surface area (Å²) in [5.74, 6) is 0.790. The third-order valence-corrected chi connectivity index (χ3v) is 5.55. The fraction of sp³-hybridized carbons (Fsp3) is 0.571. The topological polar surface area (TPSA) is 57.6 Å². The minimum atomic E-state index is -2.85. The summed E-state index contributed by atoms with van der Waals surface area (Å²) < 4.78 is 23.1. The number of sulfone groups is 1. The normalized spacial score (nSPS) is 25.1. The largest absolute Gasteiger partial charge is 0.508 e. The highest BCUT2D eigenvalue weighted by atomic mass is 32.2. The molecule has 106 valence electrons. The average molecular weight is 283 g/mol. The molecule has 0 bridgehead atoms. The molecule has 19 heavy (non-hydrogen) atoms. The lowest BCUT2D eigenvalue weighted by Gasteiger charge is -2.37. The van der Waals surface area contributed by atoms with Crippen LogP contribution in [0.2, 0.25) is 0 Å². The highest BCUT2D eigenvalue weighted by molar-refractivity contribution is 7.91. The van der Waals surface area contributed by atoms with Gasteiger partial charge in [0.1, 0.15) is 5.75 Å². The van der Waals surface area contributed by atoms with E-state index in [0.717, 1.165) is 12.0 Å². The van der Waals surface area contributed by atoms with E-state index in [4.69, 9.17) is 0 Å². The van der Waals surface area contributed by atoms with Crippen LogP contribution in [0.4, 0.5) is 0 Å². The van der Waals surface area contributed by atoms with Gasteiger partial charge in [0.2, 0.25) is 0 Å². The Morgan fingerprint density at radius 2 is 2.00 bits per heavy atom. The lowest BCUT2D eigenvalue weighted by atomic mass is 10.0. The zero-order chi connectivity index (χ0) is 14.0. The molecule has 0 aromatic heterocycles. The van der Waals surface area contributed by atoms with Crippen LogP contribution in [-0.4, -0.2) is 48.6 Å². The Balaban J connectivity index is 2.00. The predicted octanol–water partition coefficient (Wildman–Crippen LogP) is 1.44. The first-order valence-corrected chi connectivity index (χ1v) is 8.43. The average Bonchev–Trinajstić information content (AvgIpc) is 2.30. The minimum absolute atomic E-state index is 0.0749. The fourth-order valence-electron chi connectivity index (χ4n) is 2.76. The van der Waals surface area contributed by atoms with Crippen LogP contribution in [0.3, 0.4) is 0 Å². The highest BCUT2D eigenvalue weighted by Crippen LogP contribution is 2.18. The maximum atomic E-state index is 11.6. The van der Waals surface area contributed by atoms with Crippen LogP contribution in [0.25, 0.3) is 0 Å². The molecule has 1 saturated heterocycles. The lowest BCUT2D eigenvalue weighted by Crippen LogP contribution is -2.51. The van der Waals surface area contributed by atoms with E-state index >= 15 is 0 Å². The monoisotopic (exact) mass is 283 g/mol. The number of rotatable bonds is 3. The summed E-state index contributed by atoms with van der Waals surface area (Å²) in [6, 6.07) is 7.58. The quantitative estimate of drug-likeness (QED) is 0.912. The molecule has 0 saturated carbocycles. The van der Waals surface area contributed by atoms with Crippen molar-refractivity contribution in [2.24, 2.45) is 0 Å². The van der Waals surface area contributed by atoms with Crippen molar-refractivity contribution in [3.63, 3.8) is 0 Å². The fourth-order valence-corrected chi connectivity index (χ4v) is 4.34. The molecule has 1 N–H and O–H groups in total. The van der Waals surface area contributed by atoms with Crippen molar-refractivity contribution in [2.75, 3.05) is 18.1 Å². The molecule has 1 aromatic rings. The Bertz CT molecular complexity index is 524. The molecule has 2 unspecified atom stereocenters. The van der Waals surface area contributed by atoms with Gasteiger partial charge in [0, 0.05) is 18.6 Å². The summed E-state index contributed by atoms with van der Waals surface area (Å²) in [7, 11) is -2.85. The Morgan fingerprint density at radius 1 is 1.37 bits per heavy atom. The number of aromatic hydroxyl groups is 1. The van der Waals surface area contributed by atoms with Crippen molar-refractivity contribution in [1.82, 2.24) is 4.90 Å². The van der Waals surface area contributed by atoms with E-state index in [9.17, 15) is 13.5 Å². The van der Waals surface area contributed by atoms with Gasteiger partial charge in [-0.05, 0) is 38.0 Å². The summed E-state index contributed by atoms with van der Waals surface area (Å²) in [6.07, 6.45) is 0.866. The van der Waals surface area contributed by atoms with Gasteiger partial charge in [-0.3, -0.25) is 4.90 Å². The summed E-state index contributed by atoms with van der Waals surface area (Å²) in [4.78, 5) is 2.26. The van der Waals surface area contributed by atoms with Gasteiger partial charge in [-0.15, -0.1) is 0 Å². The van der Waals surface area contributed by atoms with Crippen LogP contribution in [-0.2, 0) is 16.3 Å². The Labute approximate surface area is 115 Å². The summed E-state index contributed by atoms with van der Waals surface area (Å²) in [6.45, 7) is 4.72. The molecule has 1 heterocycles. The lowest BCUT2D eigenvalue weighted by molar-refractivity contribution is 0.167. The first-order valence-electron chi connectivity index (χ1n) is 6.61. The molecule has 1 fully saturated rings. The van der Waals surface area contributed by atoms with Gasteiger partial charge in [-0.1, -0.05) is 12.1 Å². The van der Waals surface area contributed by atoms with Crippen molar-refractivity contribution in [3.05, 3.63) is 29.8 Å². The summed E-state index contributed by atoms with van der Waals surface area (Å²) in [5, 5.41) is 9.26. The Hall–Kier alpha value is -1.07. The van der Waals surface area contributed by atoms with Crippen LogP contribution in [0.15, 0.2) is 24.3 Å². The second kappa shape index (κ2) is 5.51. The molecule has 0 spiro atoms. The van der Waals surface area contributed by atoms with Crippen LogP contribution in [0, 0.1) is 0 Å². The van der Waals surface area contributed by atoms with Crippen LogP contribution >= 0.6 is 0 Å². The smallest absolute Gasteiger partial charge is 0.153 e. The maximum Gasteiger partial charge on any atom is 0.153 e. The SMILES string of the molecule is CC(Cc1ccc(O)cc1)N1CCS(=O)(=O)CC1C. The van der Waals surface area contributed by atoms with Gasteiger partial charge < -0.3 is 5.11 Å². The third kappa shape index (κ3) is 3.70. The van der Waals surface area contributed by atoms with Crippen molar-refractivity contribution >= 4 is 9.84 Å². The van der Waals surface area contributed by atoms with Crippen molar-refractivity contribution < 1.29 is 13.5 Å². The molecule has 5 heteroatoms. The van der Waals surface area contributed by atoms with E-state index in [1.807, 2.05) is 19.1 Å². The van der Waals surface area contributed by atoms with Gasteiger partial charge in [-0.25, -0.2) is 8.42 Å². The first-order chi connectivity index (χ1) is 8.87. The first kappa shape index (κ1) is 14.3. The molecule has 4 nitrogen and oxygen atoms in total. The van der Waals surface area contributed by atoms with Gasteiger partial charge in [0.25, 0.3) is 0 Å². The standard InChI is InChI=1S/C14H21NO3S/c1-11(9-13-3-5-14(16)6-4-13)15-7-8-19(17,18)10-12(15)2/h3-6,11-12,16H,7-10H2,1-2H3. The van der Waals surface area contributed by atoms with E-state index < -0.39 is 9.84 Å². The van der Waals surface area contributed by atoms with E-state index in [-0.39, 0.29) is 23.3 Å². The molecular weight excluding hydrogens is 262 g/mol. The zero-order valence-electron chi connectivity index (χ0n) is 11.4. The molecule has 2 rings (SSSR count). The molecule has 1 aromatic carbocycles. The van der Waals surface area contributed by atoms with Crippen molar-refractivity contribution in [2.45, 2.75) is 32.4 Å². The molecule has 1 aliphatic rings. The second-order valence-corrected chi connectivity index (χ2v) is 7.65. The molecule has 0 aliphatic carbocycles. The minimum Gasteiger partial charge on any atom is -0.508 e. The number of phenolic OH excluding ortho intramolecular Hbond substituents is 1. The highest BCUT2D eigenvalue weighted by Gasteiger charge is 2.30. The molecule has 1 aliphatic heterocycles. The van der Waals surface area contributed by atoms with Crippen LogP contribution in [0.1, 0.15) is 19.4 Å². The van der Waals surface area contributed by atoms with Crippen LogP contribution in [0.5, 0.6) is 5.75 Å². The molecule has 0 amide bonds. The number of benzene rings is 1. The molecular formula is C14H21NO3S. The van der Waals surface area contributed by atoms with Gasteiger partial charge in [-0.2, -0.15) is 0 Å². The van der Waals surface area contributed by atoms with E-state index in [2.05, 4.69) is 11.8 Å². The van der Waals surface area contributed by atoms with Crippen LogP contribution < -0.4 is 0 Å². The zero-order valence-corrected chi connectivity index (χ0v) is 12.2. The van der Waals surface area contributed by atoms with Gasteiger partial charge >= 0.3 is 0 Å². The number of hydrogen-bond acceptors (Lipinski definition) is 4.